The molecule has 1 aliphatic carbocycles. The van der Waals surface area contributed by atoms with Crippen molar-refractivity contribution in [2.75, 3.05) is 6.61 Å². The Balaban J connectivity index is 1.97. The number of ether oxygens (including phenoxy) is 1. The van der Waals surface area contributed by atoms with Crippen molar-refractivity contribution in [2.45, 2.75) is 31.3 Å². The Hall–Kier alpha value is -2.04. The van der Waals surface area contributed by atoms with Gasteiger partial charge in [-0.3, -0.25) is 0 Å². The average molecular weight is 271 g/mol. The summed E-state index contributed by atoms with van der Waals surface area (Å²) in [7, 11) is 0. The Kier molecular flexibility index (Phi) is 2.20. The van der Waals surface area contributed by atoms with Crippen molar-refractivity contribution in [3.63, 3.8) is 0 Å². The van der Waals surface area contributed by atoms with Crippen LogP contribution in [0.25, 0.3) is 0 Å². The SMILES string of the molecule is CC1COc2ccccc2C12C(N)=NC(=O)N2C1CC1. The van der Waals surface area contributed by atoms with Gasteiger partial charge in [0.25, 0.3) is 0 Å². The number of carbonyl (C=O) groups is 1. The highest BCUT2D eigenvalue weighted by molar-refractivity contribution is 6.07. The monoisotopic (exact) mass is 271 g/mol. The zero-order valence-corrected chi connectivity index (χ0v) is 11.4. The minimum absolute atomic E-state index is 0.0909. The molecule has 1 fully saturated rings. The van der Waals surface area contributed by atoms with Crippen LogP contribution in [0.15, 0.2) is 29.3 Å². The van der Waals surface area contributed by atoms with Gasteiger partial charge in [-0.1, -0.05) is 25.1 Å². The van der Waals surface area contributed by atoms with E-state index in [4.69, 9.17) is 10.5 Å². The third-order valence-corrected chi connectivity index (χ3v) is 4.60. The first-order valence-electron chi connectivity index (χ1n) is 7.06. The van der Waals surface area contributed by atoms with E-state index in [1.54, 1.807) is 0 Å². The Labute approximate surface area is 117 Å². The predicted octanol–water partition coefficient (Wildman–Crippen LogP) is 1.87. The van der Waals surface area contributed by atoms with Crippen LogP contribution in [0.5, 0.6) is 5.75 Å². The highest BCUT2D eigenvalue weighted by Gasteiger charge is 2.60. The summed E-state index contributed by atoms with van der Waals surface area (Å²) in [6.45, 7) is 2.62. The number of para-hydroxylation sites is 1. The molecule has 20 heavy (non-hydrogen) atoms. The average Bonchev–Trinajstić information content (AvgIpc) is 3.22. The fraction of sp³-hybridized carbons (Fsp3) is 0.467. The molecule has 104 valence electrons. The van der Waals surface area contributed by atoms with Gasteiger partial charge in [-0.2, -0.15) is 4.99 Å². The fourth-order valence-electron chi connectivity index (χ4n) is 3.56. The number of nitrogens with zero attached hydrogens (tertiary/aromatic N) is 2. The zero-order chi connectivity index (χ0) is 13.9. The fourth-order valence-corrected chi connectivity index (χ4v) is 3.56. The molecule has 2 aliphatic heterocycles. The first kappa shape index (κ1) is 11.8. The maximum atomic E-state index is 12.3. The molecule has 4 rings (SSSR count). The van der Waals surface area contributed by atoms with Crippen LogP contribution in [0.4, 0.5) is 4.79 Å². The van der Waals surface area contributed by atoms with Crippen LogP contribution in [0.3, 0.4) is 0 Å². The van der Waals surface area contributed by atoms with E-state index in [0.29, 0.717) is 12.4 Å². The number of benzene rings is 1. The van der Waals surface area contributed by atoms with Gasteiger partial charge in [0.1, 0.15) is 17.1 Å². The van der Waals surface area contributed by atoms with Gasteiger partial charge < -0.3 is 15.4 Å². The number of urea groups is 1. The van der Waals surface area contributed by atoms with Crippen LogP contribution >= 0.6 is 0 Å². The molecule has 1 aromatic carbocycles. The number of amides is 2. The van der Waals surface area contributed by atoms with Crippen LogP contribution in [0, 0.1) is 5.92 Å². The first-order valence-corrected chi connectivity index (χ1v) is 7.06. The maximum Gasteiger partial charge on any atom is 0.346 e. The minimum Gasteiger partial charge on any atom is -0.493 e. The summed E-state index contributed by atoms with van der Waals surface area (Å²) in [4.78, 5) is 18.3. The molecule has 3 aliphatic rings. The van der Waals surface area contributed by atoms with Gasteiger partial charge in [-0.05, 0) is 18.9 Å². The third-order valence-electron chi connectivity index (χ3n) is 4.60. The molecule has 5 nitrogen and oxygen atoms in total. The van der Waals surface area contributed by atoms with Gasteiger partial charge in [0.05, 0.1) is 6.61 Å². The minimum atomic E-state index is -0.618. The molecule has 1 saturated carbocycles. The molecular formula is C15H17N3O2. The van der Waals surface area contributed by atoms with Crippen molar-refractivity contribution >= 4 is 11.9 Å². The number of hydrogen-bond donors (Lipinski definition) is 1. The van der Waals surface area contributed by atoms with Crippen LogP contribution in [-0.2, 0) is 5.54 Å². The van der Waals surface area contributed by atoms with E-state index in [1.165, 1.54) is 0 Å². The lowest BCUT2D eigenvalue weighted by Gasteiger charge is -2.46. The Morgan fingerprint density at radius 3 is 2.90 bits per heavy atom. The van der Waals surface area contributed by atoms with Gasteiger partial charge in [-0.25, -0.2) is 4.79 Å². The molecule has 2 N–H and O–H groups in total. The van der Waals surface area contributed by atoms with Crippen LogP contribution in [0.2, 0.25) is 0 Å². The lowest BCUT2D eigenvalue weighted by molar-refractivity contribution is 0.0759. The van der Waals surface area contributed by atoms with Crippen LogP contribution in [0.1, 0.15) is 25.3 Å². The lowest BCUT2D eigenvalue weighted by Crippen LogP contribution is -2.59. The van der Waals surface area contributed by atoms with E-state index < -0.39 is 5.54 Å². The number of carbonyl (C=O) groups excluding carboxylic acids is 1. The highest BCUT2D eigenvalue weighted by atomic mass is 16.5. The molecule has 2 atom stereocenters. The summed E-state index contributed by atoms with van der Waals surface area (Å²) >= 11 is 0. The lowest BCUT2D eigenvalue weighted by atomic mass is 9.75. The second kappa shape index (κ2) is 3.75. The first-order chi connectivity index (χ1) is 9.65. The van der Waals surface area contributed by atoms with E-state index in [0.717, 1.165) is 24.2 Å². The molecule has 0 bridgehead atoms. The van der Waals surface area contributed by atoms with Crippen molar-refractivity contribution in [3.8, 4) is 5.75 Å². The van der Waals surface area contributed by atoms with Crippen molar-refractivity contribution < 1.29 is 9.53 Å². The molecule has 1 aromatic rings. The standard InChI is InChI=1S/C15H17N3O2/c1-9-8-20-12-5-3-2-4-11(12)15(9)13(16)17-14(19)18(15)10-6-7-10/h2-5,9-10H,6-8H2,1H3,(H2,16,17,19). The van der Waals surface area contributed by atoms with E-state index in [1.807, 2.05) is 29.2 Å². The largest absolute Gasteiger partial charge is 0.493 e. The molecule has 2 unspecified atom stereocenters. The molecule has 5 heteroatoms. The number of nitrogens with two attached hydrogens (primary N) is 1. The number of rotatable bonds is 1. The van der Waals surface area contributed by atoms with Gasteiger partial charge >= 0.3 is 6.03 Å². The summed E-state index contributed by atoms with van der Waals surface area (Å²) in [6, 6.07) is 7.90. The quantitative estimate of drug-likeness (QED) is 0.847. The van der Waals surface area contributed by atoms with E-state index in [-0.39, 0.29) is 18.0 Å². The van der Waals surface area contributed by atoms with Crippen LogP contribution < -0.4 is 10.5 Å². The van der Waals surface area contributed by atoms with Crippen LogP contribution in [-0.4, -0.2) is 29.4 Å². The topological polar surface area (TPSA) is 67.9 Å². The Morgan fingerprint density at radius 1 is 1.40 bits per heavy atom. The van der Waals surface area contributed by atoms with E-state index >= 15 is 0 Å². The number of amidine groups is 1. The molecule has 2 amide bonds. The summed E-state index contributed by atoms with van der Waals surface area (Å²) in [5, 5.41) is 0. The van der Waals surface area contributed by atoms with E-state index in [9.17, 15) is 4.79 Å². The normalized spacial score (nSPS) is 32.0. The summed E-state index contributed by atoms with van der Waals surface area (Å²) in [6.07, 6.45) is 2.07. The second-order valence-corrected chi connectivity index (χ2v) is 5.86. The predicted molar refractivity (Wildman–Crippen MR) is 74.7 cm³/mol. The zero-order valence-electron chi connectivity index (χ0n) is 11.4. The van der Waals surface area contributed by atoms with Crippen molar-refractivity contribution in [1.82, 2.24) is 4.90 Å². The summed E-state index contributed by atoms with van der Waals surface area (Å²) in [5.74, 6) is 1.31. The second-order valence-electron chi connectivity index (χ2n) is 5.86. The molecule has 0 radical (unpaired) electrons. The van der Waals surface area contributed by atoms with Gasteiger partial charge in [-0.15, -0.1) is 0 Å². The number of fused-ring (bicyclic) bond motifs is 2. The van der Waals surface area contributed by atoms with E-state index in [2.05, 4.69) is 11.9 Å². The molecule has 0 aromatic heterocycles. The maximum absolute atomic E-state index is 12.3. The molecule has 2 heterocycles. The number of hydrogen-bond acceptors (Lipinski definition) is 3. The Bertz CT molecular complexity index is 623. The van der Waals surface area contributed by atoms with Gasteiger partial charge in [0.15, 0.2) is 0 Å². The number of aliphatic imine (C=N–C) groups is 1. The van der Waals surface area contributed by atoms with Gasteiger partial charge in [0.2, 0.25) is 0 Å². The van der Waals surface area contributed by atoms with Crippen molar-refractivity contribution in [1.29, 1.82) is 0 Å². The Morgan fingerprint density at radius 2 is 2.15 bits per heavy atom. The summed E-state index contributed by atoms with van der Waals surface area (Å²) < 4.78 is 5.81. The smallest absolute Gasteiger partial charge is 0.346 e. The van der Waals surface area contributed by atoms with Crippen molar-refractivity contribution in [2.24, 2.45) is 16.6 Å². The molecule has 1 spiro atoms. The molecular weight excluding hydrogens is 254 g/mol. The molecule has 0 saturated heterocycles. The van der Waals surface area contributed by atoms with Gasteiger partial charge in [0, 0.05) is 17.5 Å². The third kappa shape index (κ3) is 1.27. The highest BCUT2D eigenvalue weighted by Crippen LogP contribution is 2.51. The summed E-state index contributed by atoms with van der Waals surface area (Å²) in [5.41, 5.74) is 6.58. The van der Waals surface area contributed by atoms with Crippen molar-refractivity contribution in [3.05, 3.63) is 29.8 Å².